The maximum absolute atomic E-state index is 12.0. The number of aliphatic hydroxyl groups excluding tert-OH is 1. The zero-order valence-corrected chi connectivity index (χ0v) is 10.9. The van der Waals surface area contributed by atoms with Crippen molar-refractivity contribution in [1.29, 1.82) is 0 Å². The highest BCUT2D eigenvalue weighted by atomic mass is 16.5. The molecular formula is C15H19NO3. The van der Waals surface area contributed by atoms with E-state index in [4.69, 9.17) is 4.74 Å². The lowest BCUT2D eigenvalue weighted by Crippen LogP contribution is -2.40. The Hall–Kier alpha value is -1.55. The Bertz CT molecular complexity index is 474. The molecule has 4 heteroatoms. The molecule has 1 saturated carbocycles. The Kier molecular flexibility index (Phi) is 3.42. The van der Waals surface area contributed by atoms with Crippen LogP contribution in [0.25, 0.3) is 0 Å². The zero-order chi connectivity index (χ0) is 13.2. The third-order valence-corrected chi connectivity index (χ3v) is 4.15. The summed E-state index contributed by atoms with van der Waals surface area (Å²) in [6.45, 7) is 0.783. The van der Waals surface area contributed by atoms with Crippen molar-refractivity contribution in [3.05, 3.63) is 24.3 Å². The number of para-hydroxylation sites is 2. The van der Waals surface area contributed by atoms with E-state index in [-0.39, 0.29) is 18.6 Å². The highest BCUT2D eigenvalue weighted by Gasteiger charge is 2.29. The maximum atomic E-state index is 12.0. The number of carbonyl (C=O) groups is 1. The van der Waals surface area contributed by atoms with Crippen LogP contribution in [-0.2, 0) is 4.79 Å². The monoisotopic (exact) mass is 261 g/mol. The second kappa shape index (κ2) is 5.21. The lowest BCUT2D eigenvalue weighted by Gasteiger charge is -2.30. The van der Waals surface area contributed by atoms with Crippen LogP contribution < -0.4 is 9.64 Å². The number of benzene rings is 1. The fraction of sp³-hybridized carbons (Fsp3) is 0.533. The summed E-state index contributed by atoms with van der Waals surface area (Å²) >= 11 is 0. The molecule has 19 heavy (non-hydrogen) atoms. The number of hydrogen-bond donors (Lipinski definition) is 1. The molecule has 2 aliphatic rings. The molecule has 0 spiro atoms. The summed E-state index contributed by atoms with van der Waals surface area (Å²) in [4.78, 5) is 13.8. The van der Waals surface area contributed by atoms with Crippen LogP contribution in [0.15, 0.2) is 24.3 Å². The molecule has 1 amide bonds. The second-order valence-electron chi connectivity index (χ2n) is 5.35. The van der Waals surface area contributed by atoms with E-state index in [2.05, 4.69) is 0 Å². The fourth-order valence-electron chi connectivity index (χ4n) is 3.05. The van der Waals surface area contributed by atoms with E-state index in [1.807, 2.05) is 24.3 Å². The average molecular weight is 261 g/mol. The molecule has 2 unspecified atom stereocenters. The summed E-state index contributed by atoms with van der Waals surface area (Å²) in [5, 5.41) is 9.85. The third-order valence-electron chi connectivity index (χ3n) is 4.15. The van der Waals surface area contributed by atoms with Crippen LogP contribution in [0.4, 0.5) is 5.69 Å². The normalized spacial score (nSPS) is 26.2. The van der Waals surface area contributed by atoms with E-state index in [1.54, 1.807) is 4.90 Å². The average Bonchev–Trinajstić information content (AvgIpc) is 2.83. The second-order valence-corrected chi connectivity index (χ2v) is 5.35. The smallest absolute Gasteiger partial charge is 0.265 e. The Morgan fingerprint density at radius 2 is 2.16 bits per heavy atom. The van der Waals surface area contributed by atoms with Crippen molar-refractivity contribution in [2.75, 3.05) is 18.1 Å². The minimum atomic E-state index is -0.189. The summed E-state index contributed by atoms with van der Waals surface area (Å²) in [6, 6.07) is 7.63. The van der Waals surface area contributed by atoms with E-state index < -0.39 is 0 Å². The first-order chi connectivity index (χ1) is 9.25. The Morgan fingerprint density at radius 1 is 1.32 bits per heavy atom. The fourth-order valence-corrected chi connectivity index (χ4v) is 3.05. The molecule has 1 N–H and O–H groups in total. The van der Waals surface area contributed by atoms with Crippen molar-refractivity contribution in [2.24, 2.45) is 5.92 Å². The van der Waals surface area contributed by atoms with Gasteiger partial charge in [-0.1, -0.05) is 18.6 Å². The summed E-state index contributed by atoms with van der Waals surface area (Å²) < 4.78 is 5.42. The third kappa shape index (κ3) is 2.45. The van der Waals surface area contributed by atoms with Crippen LogP contribution in [-0.4, -0.2) is 30.3 Å². The van der Waals surface area contributed by atoms with Crippen LogP contribution in [0.5, 0.6) is 5.75 Å². The SMILES string of the molecule is O=C1COc2ccccc2N1CCC1CCCC1O. The van der Waals surface area contributed by atoms with E-state index >= 15 is 0 Å². The highest BCUT2D eigenvalue weighted by molar-refractivity contribution is 5.97. The summed E-state index contributed by atoms with van der Waals surface area (Å²) in [5.41, 5.74) is 0.853. The summed E-state index contributed by atoms with van der Waals surface area (Å²) in [5.74, 6) is 1.11. The molecule has 1 heterocycles. The molecular weight excluding hydrogens is 242 g/mol. The number of aliphatic hydroxyl groups is 1. The van der Waals surface area contributed by atoms with Gasteiger partial charge in [0.2, 0.25) is 0 Å². The zero-order valence-electron chi connectivity index (χ0n) is 10.9. The number of anilines is 1. The van der Waals surface area contributed by atoms with Crippen molar-refractivity contribution >= 4 is 11.6 Å². The van der Waals surface area contributed by atoms with E-state index in [0.29, 0.717) is 12.5 Å². The molecule has 0 radical (unpaired) electrons. The number of nitrogens with zero attached hydrogens (tertiary/aromatic N) is 1. The van der Waals surface area contributed by atoms with E-state index in [9.17, 15) is 9.90 Å². The van der Waals surface area contributed by atoms with Crippen LogP contribution >= 0.6 is 0 Å². The number of fused-ring (bicyclic) bond motifs is 1. The van der Waals surface area contributed by atoms with Gasteiger partial charge in [-0.15, -0.1) is 0 Å². The van der Waals surface area contributed by atoms with Crippen LogP contribution in [0.2, 0.25) is 0 Å². The van der Waals surface area contributed by atoms with Gasteiger partial charge in [-0.25, -0.2) is 0 Å². The Balaban J connectivity index is 1.71. The van der Waals surface area contributed by atoms with Gasteiger partial charge in [0.1, 0.15) is 5.75 Å². The first-order valence-electron chi connectivity index (χ1n) is 6.96. The standard InChI is InChI=1S/C15H19NO3/c17-13-6-3-4-11(13)8-9-16-12-5-1-2-7-14(12)19-10-15(16)18/h1-2,5,7,11,13,17H,3-4,6,8-10H2. The Labute approximate surface area is 113 Å². The molecule has 1 aromatic rings. The van der Waals surface area contributed by atoms with Crippen molar-refractivity contribution in [3.63, 3.8) is 0 Å². The van der Waals surface area contributed by atoms with Crippen LogP contribution in [0, 0.1) is 5.92 Å². The molecule has 0 saturated heterocycles. The van der Waals surface area contributed by atoms with Gasteiger partial charge < -0.3 is 14.7 Å². The predicted octanol–water partition coefficient (Wildman–Crippen LogP) is 1.96. The Morgan fingerprint density at radius 3 is 2.95 bits per heavy atom. The van der Waals surface area contributed by atoms with E-state index in [1.165, 1.54) is 0 Å². The number of rotatable bonds is 3. The van der Waals surface area contributed by atoms with Gasteiger partial charge in [-0.2, -0.15) is 0 Å². The molecule has 4 nitrogen and oxygen atoms in total. The van der Waals surface area contributed by atoms with Gasteiger partial charge in [-0.3, -0.25) is 4.79 Å². The van der Waals surface area contributed by atoms with Crippen molar-refractivity contribution in [3.8, 4) is 5.75 Å². The number of carbonyl (C=O) groups excluding carboxylic acids is 1. The molecule has 102 valence electrons. The van der Waals surface area contributed by atoms with Crippen molar-refractivity contribution < 1.29 is 14.6 Å². The summed E-state index contributed by atoms with van der Waals surface area (Å²) in [7, 11) is 0. The first kappa shape index (κ1) is 12.5. The molecule has 1 aliphatic carbocycles. The van der Waals surface area contributed by atoms with E-state index in [0.717, 1.165) is 37.1 Å². The van der Waals surface area contributed by atoms with Crippen LogP contribution in [0.3, 0.4) is 0 Å². The minimum absolute atomic E-state index is 0.00573. The lowest BCUT2D eigenvalue weighted by molar-refractivity contribution is -0.121. The number of amides is 1. The van der Waals surface area contributed by atoms with Gasteiger partial charge in [0, 0.05) is 6.54 Å². The lowest BCUT2D eigenvalue weighted by atomic mass is 10.0. The summed E-state index contributed by atoms with van der Waals surface area (Å²) in [6.07, 6.45) is 3.74. The molecule has 0 aromatic heterocycles. The topological polar surface area (TPSA) is 49.8 Å². The molecule has 2 atom stereocenters. The van der Waals surface area contributed by atoms with Gasteiger partial charge in [0.05, 0.1) is 11.8 Å². The first-order valence-corrected chi connectivity index (χ1v) is 6.96. The highest BCUT2D eigenvalue weighted by Crippen LogP contribution is 2.33. The van der Waals surface area contributed by atoms with Gasteiger partial charge >= 0.3 is 0 Å². The van der Waals surface area contributed by atoms with Crippen LogP contribution in [0.1, 0.15) is 25.7 Å². The molecule has 1 fully saturated rings. The molecule has 1 aromatic carbocycles. The van der Waals surface area contributed by atoms with Gasteiger partial charge in [0.15, 0.2) is 6.61 Å². The molecule has 0 bridgehead atoms. The van der Waals surface area contributed by atoms with Gasteiger partial charge in [-0.05, 0) is 37.3 Å². The largest absolute Gasteiger partial charge is 0.482 e. The minimum Gasteiger partial charge on any atom is -0.482 e. The van der Waals surface area contributed by atoms with Gasteiger partial charge in [0.25, 0.3) is 5.91 Å². The van der Waals surface area contributed by atoms with Crippen molar-refractivity contribution in [1.82, 2.24) is 0 Å². The predicted molar refractivity (Wildman–Crippen MR) is 72.3 cm³/mol. The quantitative estimate of drug-likeness (QED) is 0.905. The molecule has 3 rings (SSSR count). The molecule has 1 aliphatic heterocycles. The number of hydrogen-bond acceptors (Lipinski definition) is 3. The number of ether oxygens (including phenoxy) is 1. The maximum Gasteiger partial charge on any atom is 0.265 e. The van der Waals surface area contributed by atoms with Crippen molar-refractivity contribution in [2.45, 2.75) is 31.8 Å².